The number of aromatic amines is 1. The van der Waals surface area contributed by atoms with Crippen molar-refractivity contribution in [2.45, 2.75) is 0 Å². The van der Waals surface area contributed by atoms with Gasteiger partial charge < -0.3 is 9.47 Å². The second-order valence-corrected chi connectivity index (χ2v) is 3.59. The Morgan fingerprint density at radius 3 is 3.23 bits per heavy atom. The van der Waals surface area contributed by atoms with Crippen LogP contribution in [0.1, 0.15) is 0 Å². The molecule has 2 heterocycles. The number of halogens is 1. The largest absolute Gasteiger partial charge is 0.457 e. The number of nitrogens with one attached hydrogen (secondary N) is 1. The van der Waals surface area contributed by atoms with Crippen LogP contribution in [0.25, 0.3) is 10.9 Å². The Hall–Kier alpha value is -1.23. The van der Waals surface area contributed by atoms with Crippen LogP contribution in [0.3, 0.4) is 0 Å². The SMILES string of the molecule is Brc1ccc2c3c(n[nH]c13)OCO2. The van der Waals surface area contributed by atoms with Gasteiger partial charge in [0.15, 0.2) is 0 Å². The first-order valence-corrected chi connectivity index (χ1v) is 4.58. The fourth-order valence-electron chi connectivity index (χ4n) is 1.42. The molecular weight excluding hydrogens is 236 g/mol. The van der Waals surface area contributed by atoms with E-state index in [1.807, 2.05) is 12.1 Å². The molecule has 3 rings (SSSR count). The number of nitrogens with zero attached hydrogens (tertiary/aromatic N) is 1. The maximum Gasteiger partial charge on any atom is 0.247 e. The Labute approximate surface area is 82.0 Å². The molecule has 0 fully saturated rings. The minimum absolute atomic E-state index is 0.231. The molecule has 1 N–H and O–H groups in total. The number of aromatic nitrogens is 2. The molecule has 0 aliphatic carbocycles. The van der Waals surface area contributed by atoms with Crippen molar-refractivity contribution in [1.82, 2.24) is 10.2 Å². The van der Waals surface area contributed by atoms with Crippen molar-refractivity contribution in [1.29, 1.82) is 0 Å². The zero-order chi connectivity index (χ0) is 8.84. The van der Waals surface area contributed by atoms with Gasteiger partial charge in [0.25, 0.3) is 0 Å². The fourth-order valence-corrected chi connectivity index (χ4v) is 1.83. The van der Waals surface area contributed by atoms with Crippen LogP contribution < -0.4 is 9.47 Å². The number of ether oxygens (including phenoxy) is 2. The van der Waals surface area contributed by atoms with Crippen molar-refractivity contribution in [2.75, 3.05) is 6.79 Å². The van der Waals surface area contributed by atoms with Crippen molar-refractivity contribution in [2.24, 2.45) is 0 Å². The quantitative estimate of drug-likeness (QED) is 0.767. The number of hydrogen-bond acceptors (Lipinski definition) is 3. The molecule has 66 valence electrons. The molecule has 0 saturated carbocycles. The number of H-pyrrole nitrogens is 1. The van der Waals surface area contributed by atoms with E-state index in [1.54, 1.807) is 0 Å². The van der Waals surface area contributed by atoms with Gasteiger partial charge in [0.2, 0.25) is 12.7 Å². The molecule has 4 nitrogen and oxygen atoms in total. The zero-order valence-electron chi connectivity index (χ0n) is 6.50. The third-order valence-electron chi connectivity index (χ3n) is 2.01. The van der Waals surface area contributed by atoms with Crippen molar-refractivity contribution < 1.29 is 9.47 Å². The molecule has 0 amide bonds. The lowest BCUT2D eigenvalue weighted by Crippen LogP contribution is -2.10. The Morgan fingerprint density at radius 2 is 2.31 bits per heavy atom. The molecule has 1 aliphatic heterocycles. The molecule has 0 atom stereocenters. The number of rotatable bonds is 0. The maximum absolute atomic E-state index is 5.31. The van der Waals surface area contributed by atoms with Crippen LogP contribution in [-0.2, 0) is 0 Å². The highest BCUT2D eigenvalue weighted by molar-refractivity contribution is 9.10. The molecule has 1 aromatic heterocycles. The summed E-state index contributed by atoms with van der Waals surface area (Å²) in [6.45, 7) is 0.231. The van der Waals surface area contributed by atoms with Crippen molar-refractivity contribution in [3.63, 3.8) is 0 Å². The first-order chi connectivity index (χ1) is 6.36. The molecule has 0 spiro atoms. The molecule has 0 bridgehead atoms. The predicted molar refractivity (Wildman–Crippen MR) is 49.9 cm³/mol. The molecule has 0 unspecified atom stereocenters. The zero-order valence-corrected chi connectivity index (χ0v) is 8.09. The normalized spacial score (nSPS) is 13.9. The van der Waals surface area contributed by atoms with E-state index in [2.05, 4.69) is 26.1 Å². The summed E-state index contributed by atoms with van der Waals surface area (Å²) in [5.41, 5.74) is 0.909. The first-order valence-electron chi connectivity index (χ1n) is 3.78. The Morgan fingerprint density at radius 1 is 1.38 bits per heavy atom. The van der Waals surface area contributed by atoms with E-state index in [1.165, 1.54) is 0 Å². The summed E-state index contributed by atoms with van der Waals surface area (Å²) in [5.74, 6) is 1.42. The van der Waals surface area contributed by atoms with Gasteiger partial charge in [-0.2, -0.15) is 0 Å². The van der Waals surface area contributed by atoms with Crippen LogP contribution in [0.15, 0.2) is 16.6 Å². The summed E-state index contributed by atoms with van der Waals surface area (Å²) in [7, 11) is 0. The van der Waals surface area contributed by atoms with Crippen LogP contribution >= 0.6 is 15.9 Å². The lowest BCUT2D eigenvalue weighted by molar-refractivity contribution is 0.107. The van der Waals surface area contributed by atoms with Crippen LogP contribution in [0.5, 0.6) is 11.6 Å². The van der Waals surface area contributed by atoms with Gasteiger partial charge in [-0.15, -0.1) is 5.10 Å². The highest BCUT2D eigenvalue weighted by atomic mass is 79.9. The fraction of sp³-hybridized carbons (Fsp3) is 0.125. The minimum atomic E-state index is 0.231. The average molecular weight is 241 g/mol. The summed E-state index contributed by atoms with van der Waals surface area (Å²) >= 11 is 3.42. The summed E-state index contributed by atoms with van der Waals surface area (Å²) in [4.78, 5) is 0. The van der Waals surface area contributed by atoms with Gasteiger partial charge in [0.1, 0.15) is 11.1 Å². The second kappa shape index (κ2) is 2.38. The van der Waals surface area contributed by atoms with Crippen molar-refractivity contribution >= 4 is 26.8 Å². The van der Waals surface area contributed by atoms with Gasteiger partial charge in [-0.3, -0.25) is 5.10 Å². The van der Waals surface area contributed by atoms with Crippen LogP contribution in [0, 0.1) is 0 Å². The highest BCUT2D eigenvalue weighted by Crippen LogP contribution is 2.38. The van der Waals surface area contributed by atoms with E-state index in [-0.39, 0.29) is 6.79 Å². The lowest BCUT2D eigenvalue weighted by Gasteiger charge is -2.13. The van der Waals surface area contributed by atoms with Gasteiger partial charge in [-0.1, -0.05) is 0 Å². The molecule has 1 aliphatic rings. The molecule has 2 aromatic rings. The number of hydrogen-bond donors (Lipinski definition) is 1. The second-order valence-electron chi connectivity index (χ2n) is 2.73. The van der Waals surface area contributed by atoms with Gasteiger partial charge in [0.05, 0.1) is 5.52 Å². The Bertz CT molecular complexity index is 480. The topological polar surface area (TPSA) is 47.1 Å². The molecule has 1 aromatic carbocycles. The van der Waals surface area contributed by atoms with E-state index in [0.29, 0.717) is 5.88 Å². The lowest BCUT2D eigenvalue weighted by atomic mass is 10.2. The van der Waals surface area contributed by atoms with Crippen LogP contribution in [0.2, 0.25) is 0 Å². The van der Waals surface area contributed by atoms with Gasteiger partial charge in [-0.05, 0) is 28.1 Å². The monoisotopic (exact) mass is 240 g/mol. The average Bonchev–Trinajstić information content (AvgIpc) is 2.57. The molecule has 13 heavy (non-hydrogen) atoms. The summed E-state index contributed by atoms with van der Waals surface area (Å²) in [5, 5.41) is 7.82. The van der Waals surface area contributed by atoms with Crippen LogP contribution in [0.4, 0.5) is 0 Å². The maximum atomic E-state index is 5.31. The third kappa shape index (κ3) is 0.875. The summed E-state index contributed by atoms with van der Waals surface area (Å²) < 4.78 is 11.5. The Kier molecular flexibility index (Phi) is 1.32. The van der Waals surface area contributed by atoms with Crippen LogP contribution in [-0.4, -0.2) is 17.0 Å². The molecule has 0 radical (unpaired) electrons. The van der Waals surface area contributed by atoms with E-state index in [4.69, 9.17) is 9.47 Å². The van der Waals surface area contributed by atoms with E-state index in [9.17, 15) is 0 Å². The first kappa shape index (κ1) is 7.20. The van der Waals surface area contributed by atoms with Crippen molar-refractivity contribution in [3.8, 4) is 11.6 Å². The standard InChI is InChI=1S/C8H5BrN2O2/c9-4-1-2-5-6-7(4)10-11-8(6)13-3-12-5/h1-2H,3H2,(H,10,11). The molecular formula is C8H5BrN2O2. The summed E-state index contributed by atoms with van der Waals surface area (Å²) in [6, 6.07) is 3.82. The summed E-state index contributed by atoms with van der Waals surface area (Å²) in [6.07, 6.45) is 0. The predicted octanol–water partition coefficient (Wildman–Crippen LogP) is 2.05. The molecule has 0 saturated heterocycles. The highest BCUT2D eigenvalue weighted by Gasteiger charge is 2.18. The van der Waals surface area contributed by atoms with Gasteiger partial charge >= 0.3 is 0 Å². The van der Waals surface area contributed by atoms with E-state index in [0.717, 1.165) is 21.1 Å². The van der Waals surface area contributed by atoms with E-state index >= 15 is 0 Å². The molecule has 5 heteroatoms. The van der Waals surface area contributed by atoms with E-state index < -0.39 is 0 Å². The third-order valence-corrected chi connectivity index (χ3v) is 2.67. The smallest absolute Gasteiger partial charge is 0.247 e. The van der Waals surface area contributed by atoms with Crippen molar-refractivity contribution in [3.05, 3.63) is 16.6 Å². The Balaban J connectivity index is 2.50. The van der Waals surface area contributed by atoms with Gasteiger partial charge in [-0.25, -0.2) is 0 Å². The minimum Gasteiger partial charge on any atom is -0.457 e. The number of benzene rings is 1. The van der Waals surface area contributed by atoms with Gasteiger partial charge in [0, 0.05) is 4.47 Å².